The average molecular weight is 318 g/mol. The Bertz CT molecular complexity index is 621. The lowest BCUT2D eigenvalue weighted by molar-refractivity contribution is -0.140. The van der Waals surface area contributed by atoms with Crippen LogP contribution in [0.5, 0.6) is 0 Å². The SMILES string of the molecule is O=S1C2C=C(Cc3ccc(F)c(C(F)(F)F)c3)CC1CC2. The molecule has 2 bridgehead atoms. The highest BCUT2D eigenvalue weighted by Crippen LogP contribution is 2.37. The lowest BCUT2D eigenvalue weighted by Crippen LogP contribution is -2.21. The van der Waals surface area contributed by atoms with Gasteiger partial charge in [0.2, 0.25) is 0 Å². The first-order chi connectivity index (χ1) is 9.84. The van der Waals surface area contributed by atoms with E-state index in [0.717, 1.165) is 30.5 Å². The zero-order chi connectivity index (χ0) is 15.2. The first kappa shape index (κ1) is 14.8. The van der Waals surface area contributed by atoms with Gasteiger partial charge in [0.25, 0.3) is 0 Å². The van der Waals surface area contributed by atoms with Gasteiger partial charge < -0.3 is 0 Å². The van der Waals surface area contributed by atoms with Crippen molar-refractivity contribution in [2.75, 3.05) is 0 Å². The molecule has 0 aliphatic carbocycles. The van der Waals surface area contributed by atoms with Crippen molar-refractivity contribution in [1.29, 1.82) is 0 Å². The summed E-state index contributed by atoms with van der Waals surface area (Å²) in [5, 5.41) is 0.179. The molecule has 0 spiro atoms. The largest absolute Gasteiger partial charge is 0.419 e. The number of fused-ring (bicyclic) bond motifs is 2. The van der Waals surface area contributed by atoms with Crippen LogP contribution in [0.25, 0.3) is 0 Å². The summed E-state index contributed by atoms with van der Waals surface area (Å²) in [6, 6.07) is 3.14. The van der Waals surface area contributed by atoms with E-state index in [1.165, 1.54) is 6.07 Å². The Kier molecular flexibility index (Phi) is 3.67. The Morgan fingerprint density at radius 3 is 2.67 bits per heavy atom. The molecule has 0 N–H and O–H groups in total. The van der Waals surface area contributed by atoms with Gasteiger partial charge >= 0.3 is 6.18 Å². The number of hydrogen-bond acceptors (Lipinski definition) is 1. The smallest absolute Gasteiger partial charge is 0.259 e. The molecule has 114 valence electrons. The predicted molar refractivity (Wildman–Crippen MR) is 72.8 cm³/mol. The Morgan fingerprint density at radius 1 is 1.24 bits per heavy atom. The van der Waals surface area contributed by atoms with Gasteiger partial charge in [0, 0.05) is 16.0 Å². The van der Waals surface area contributed by atoms with Crippen LogP contribution in [-0.2, 0) is 23.4 Å². The fourth-order valence-corrected chi connectivity index (χ4v) is 5.02. The van der Waals surface area contributed by atoms with E-state index in [2.05, 4.69) is 0 Å². The minimum atomic E-state index is -4.68. The van der Waals surface area contributed by atoms with Crippen molar-refractivity contribution < 1.29 is 21.8 Å². The van der Waals surface area contributed by atoms with Crippen LogP contribution < -0.4 is 0 Å². The number of hydrogen-bond donors (Lipinski definition) is 0. The fraction of sp³-hybridized carbons (Fsp3) is 0.467. The van der Waals surface area contributed by atoms with Gasteiger partial charge in [-0.3, -0.25) is 4.21 Å². The Labute approximate surface area is 122 Å². The molecule has 1 saturated heterocycles. The standard InChI is InChI=1S/C15H14F4OS/c16-14-4-1-9(8-13(14)15(17,18)19)5-10-6-11-2-3-12(7-10)21(11)20/h1,4,6,8,11-12H,2-3,5,7H2. The summed E-state index contributed by atoms with van der Waals surface area (Å²) in [7, 11) is -0.836. The van der Waals surface area contributed by atoms with Crippen molar-refractivity contribution in [3.8, 4) is 0 Å². The summed E-state index contributed by atoms with van der Waals surface area (Å²) in [6.45, 7) is 0. The Hall–Kier alpha value is -1.17. The third kappa shape index (κ3) is 2.91. The molecule has 1 nitrogen and oxygen atoms in total. The van der Waals surface area contributed by atoms with E-state index in [4.69, 9.17) is 0 Å². The molecule has 0 amide bonds. The molecule has 3 rings (SSSR count). The average Bonchev–Trinajstić information content (AvgIpc) is 2.62. The zero-order valence-corrected chi connectivity index (χ0v) is 11.9. The maximum Gasteiger partial charge on any atom is 0.419 e. The van der Waals surface area contributed by atoms with Gasteiger partial charge in [-0.15, -0.1) is 0 Å². The Balaban J connectivity index is 1.83. The van der Waals surface area contributed by atoms with E-state index >= 15 is 0 Å². The van der Waals surface area contributed by atoms with Crippen molar-refractivity contribution in [2.24, 2.45) is 0 Å². The normalized spacial score (nSPS) is 28.6. The molecule has 1 aromatic rings. The highest BCUT2D eigenvalue weighted by atomic mass is 32.2. The van der Waals surface area contributed by atoms with Crippen LogP contribution in [0.4, 0.5) is 17.6 Å². The Morgan fingerprint density at radius 2 is 2.00 bits per heavy atom. The molecule has 1 fully saturated rings. The van der Waals surface area contributed by atoms with Crippen molar-refractivity contribution in [1.82, 2.24) is 0 Å². The molecule has 6 heteroatoms. The van der Waals surface area contributed by atoms with Gasteiger partial charge in [0.15, 0.2) is 0 Å². The van der Waals surface area contributed by atoms with E-state index in [1.807, 2.05) is 6.08 Å². The quantitative estimate of drug-likeness (QED) is 0.595. The van der Waals surface area contributed by atoms with E-state index in [1.54, 1.807) is 0 Å². The van der Waals surface area contributed by atoms with Crippen LogP contribution in [0.1, 0.15) is 30.4 Å². The molecule has 2 heterocycles. The van der Waals surface area contributed by atoms with Crippen LogP contribution in [0.3, 0.4) is 0 Å². The van der Waals surface area contributed by atoms with E-state index in [9.17, 15) is 21.8 Å². The fourth-order valence-electron chi connectivity index (χ4n) is 3.08. The molecule has 0 saturated carbocycles. The van der Waals surface area contributed by atoms with Crippen LogP contribution >= 0.6 is 0 Å². The highest BCUT2D eigenvalue weighted by molar-refractivity contribution is 7.86. The maximum atomic E-state index is 13.3. The summed E-state index contributed by atoms with van der Waals surface area (Å²) >= 11 is 0. The third-order valence-corrected chi connectivity index (χ3v) is 6.11. The number of halogens is 4. The second-order valence-corrected chi connectivity index (χ2v) is 7.51. The topological polar surface area (TPSA) is 17.1 Å². The van der Waals surface area contributed by atoms with E-state index < -0.39 is 28.4 Å². The number of allylic oxidation sites excluding steroid dienone is 1. The first-order valence-corrected chi connectivity index (χ1v) is 8.07. The molecule has 3 atom stereocenters. The van der Waals surface area contributed by atoms with Gasteiger partial charge in [0.1, 0.15) is 5.82 Å². The van der Waals surface area contributed by atoms with Crippen molar-refractivity contribution in [3.63, 3.8) is 0 Å². The third-order valence-electron chi connectivity index (χ3n) is 4.08. The molecule has 3 unspecified atom stereocenters. The predicted octanol–water partition coefficient (Wildman–Crippen LogP) is 4.00. The summed E-state index contributed by atoms with van der Waals surface area (Å²) in [5.41, 5.74) is 0.242. The van der Waals surface area contributed by atoms with Gasteiger partial charge in [-0.1, -0.05) is 17.7 Å². The molecule has 0 aromatic heterocycles. The molecule has 0 radical (unpaired) electrons. The van der Waals surface area contributed by atoms with Crippen molar-refractivity contribution in [3.05, 3.63) is 46.8 Å². The summed E-state index contributed by atoms with van der Waals surface area (Å²) in [6.07, 6.45) is 0.0969. The van der Waals surface area contributed by atoms with E-state index in [0.29, 0.717) is 18.4 Å². The number of rotatable bonds is 2. The lowest BCUT2D eigenvalue weighted by Gasteiger charge is -2.19. The summed E-state index contributed by atoms with van der Waals surface area (Å²) in [5.74, 6) is -1.25. The minimum absolute atomic E-state index is 0.0429. The molecule has 2 aliphatic heterocycles. The highest BCUT2D eigenvalue weighted by Gasteiger charge is 2.36. The van der Waals surface area contributed by atoms with E-state index in [-0.39, 0.29) is 10.5 Å². The summed E-state index contributed by atoms with van der Waals surface area (Å²) in [4.78, 5) is 0. The number of benzene rings is 1. The van der Waals surface area contributed by atoms with Gasteiger partial charge in [0.05, 0.1) is 10.8 Å². The minimum Gasteiger partial charge on any atom is -0.259 e. The van der Waals surface area contributed by atoms with Crippen LogP contribution in [-0.4, -0.2) is 14.7 Å². The van der Waals surface area contributed by atoms with Crippen LogP contribution in [0.2, 0.25) is 0 Å². The number of alkyl halides is 3. The van der Waals surface area contributed by atoms with Crippen LogP contribution in [0, 0.1) is 5.82 Å². The van der Waals surface area contributed by atoms with Gasteiger partial charge in [-0.25, -0.2) is 4.39 Å². The second kappa shape index (κ2) is 5.23. The molecule has 2 aliphatic rings. The maximum absolute atomic E-state index is 13.3. The molecule has 1 aromatic carbocycles. The monoisotopic (exact) mass is 318 g/mol. The second-order valence-electron chi connectivity index (χ2n) is 5.58. The zero-order valence-electron chi connectivity index (χ0n) is 11.1. The summed E-state index contributed by atoms with van der Waals surface area (Å²) < 4.78 is 63.2. The molecular formula is C15H14F4OS. The lowest BCUT2D eigenvalue weighted by atomic mass is 9.99. The molecule has 21 heavy (non-hydrogen) atoms. The van der Waals surface area contributed by atoms with Crippen LogP contribution in [0.15, 0.2) is 29.8 Å². The van der Waals surface area contributed by atoms with Gasteiger partial charge in [-0.05, 0) is 43.4 Å². The van der Waals surface area contributed by atoms with Crippen molar-refractivity contribution >= 4 is 10.8 Å². The first-order valence-electron chi connectivity index (χ1n) is 6.79. The molecular weight excluding hydrogens is 304 g/mol. The van der Waals surface area contributed by atoms with Gasteiger partial charge in [-0.2, -0.15) is 13.2 Å². The van der Waals surface area contributed by atoms with Crippen molar-refractivity contribution in [2.45, 2.75) is 42.4 Å².